The van der Waals surface area contributed by atoms with E-state index in [0.717, 1.165) is 10.8 Å². The van der Waals surface area contributed by atoms with Gasteiger partial charge in [-0.15, -0.1) is 0 Å². The zero-order chi connectivity index (χ0) is 12.0. The number of nitrogens with zero attached hydrogens (tertiary/aromatic N) is 1. The molecule has 0 spiro atoms. The van der Waals surface area contributed by atoms with Crippen molar-refractivity contribution in [1.82, 2.24) is 9.97 Å². The Morgan fingerprint density at radius 3 is 2.41 bits per heavy atom. The van der Waals surface area contributed by atoms with Gasteiger partial charge in [-0.25, -0.2) is 4.98 Å². The van der Waals surface area contributed by atoms with Crippen molar-refractivity contribution in [2.75, 3.05) is 0 Å². The van der Waals surface area contributed by atoms with Gasteiger partial charge in [-0.1, -0.05) is 24.3 Å². The van der Waals surface area contributed by atoms with E-state index in [1.165, 1.54) is 0 Å². The molecule has 0 bridgehead atoms. The predicted molar refractivity (Wildman–Crippen MR) is 63.4 cm³/mol. The molecule has 0 atom stereocenters. The largest absolute Gasteiger partial charge is 0.328 e. The lowest BCUT2D eigenvalue weighted by Gasteiger charge is -1.95. The predicted octanol–water partition coefficient (Wildman–Crippen LogP) is 1.96. The summed E-state index contributed by atoms with van der Waals surface area (Å²) >= 11 is 0. The number of fused-ring (bicyclic) bond motifs is 2. The summed E-state index contributed by atoms with van der Waals surface area (Å²) in [6, 6.07) is 11.2. The van der Waals surface area contributed by atoms with Crippen molar-refractivity contribution in [3.05, 3.63) is 36.4 Å². The molecule has 0 aliphatic rings. The summed E-state index contributed by atoms with van der Waals surface area (Å²) < 4.78 is 30.8. The van der Waals surface area contributed by atoms with Gasteiger partial charge in [-0.05, 0) is 22.9 Å². The van der Waals surface area contributed by atoms with E-state index < -0.39 is 15.3 Å². The molecular weight excluding hydrogens is 240 g/mol. The Hall–Kier alpha value is -1.92. The average molecular weight is 248 g/mol. The van der Waals surface area contributed by atoms with Gasteiger partial charge in [0.2, 0.25) is 0 Å². The molecule has 3 aromatic rings. The molecule has 0 radical (unpaired) electrons. The van der Waals surface area contributed by atoms with Crippen molar-refractivity contribution in [3.8, 4) is 0 Å². The van der Waals surface area contributed by atoms with Crippen LogP contribution in [-0.4, -0.2) is 22.9 Å². The number of aromatic amines is 1. The maximum atomic E-state index is 11.0. The zero-order valence-electron chi connectivity index (χ0n) is 8.58. The van der Waals surface area contributed by atoms with Crippen LogP contribution in [-0.2, 0) is 10.1 Å². The minimum Gasteiger partial charge on any atom is -0.327 e. The molecule has 2 N–H and O–H groups in total. The van der Waals surface area contributed by atoms with Crippen LogP contribution < -0.4 is 0 Å². The van der Waals surface area contributed by atoms with E-state index in [9.17, 15) is 8.42 Å². The number of nitrogens with one attached hydrogen (secondary N) is 1. The van der Waals surface area contributed by atoms with Crippen molar-refractivity contribution >= 4 is 31.9 Å². The van der Waals surface area contributed by atoms with E-state index in [2.05, 4.69) is 9.97 Å². The van der Waals surface area contributed by atoms with Gasteiger partial charge in [-0.3, -0.25) is 4.55 Å². The Bertz CT molecular complexity index is 768. The first-order valence-electron chi connectivity index (χ1n) is 4.90. The molecule has 86 valence electrons. The van der Waals surface area contributed by atoms with Gasteiger partial charge in [-0.2, -0.15) is 8.42 Å². The monoisotopic (exact) mass is 248 g/mol. The molecule has 0 unspecified atom stereocenters. The lowest BCUT2D eigenvalue weighted by atomic mass is 10.1. The van der Waals surface area contributed by atoms with Gasteiger partial charge in [0.1, 0.15) is 0 Å². The first-order valence-corrected chi connectivity index (χ1v) is 6.34. The van der Waals surface area contributed by atoms with Crippen LogP contribution in [0.2, 0.25) is 0 Å². The van der Waals surface area contributed by atoms with E-state index in [1.54, 1.807) is 12.1 Å². The summed E-state index contributed by atoms with van der Waals surface area (Å²) in [6.07, 6.45) is 0. The minimum atomic E-state index is -4.29. The second-order valence-electron chi connectivity index (χ2n) is 3.73. The number of H-pyrrole nitrogens is 1. The molecule has 17 heavy (non-hydrogen) atoms. The van der Waals surface area contributed by atoms with Crippen molar-refractivity contribution in [2.45, 2.75) is 5.16 Å². The quantitative estimate of drug-likeness (QED) is 0.645. The maximum absolute atomic E-state index is 11.0. The maximum Gasteiger partial charge on any atom is 0.328 e. The van der Waals surface area contributed by atoms with Gasteiger partial charge in [0.25, 0.3) is 5.16 Å². The number of hydrogen-bond donors (Lipinski definition) is 2. The average Bonchev–Trinajstić information content (AvgIpc) is 2.68. The summed E-state index contributed by atoms with van der Waals surface area (Å²) in [7, 11) is -4.29. The molecule has 3 rings (SSSR count). The summed E-state index contributed by atoms with van der Waals surface area (Å²) in [5.41, 5.74) is 1.09. The van der Waals surface area contributed by atoms with Crippen LogP contribution in [0.3, 0.4) is 0 Å². The van der Waals surface area contributed by atoms with Gasteiger partial charge in [0, 0.05) is 0 Å². The third kappa shape index (κ3) is 1.67. The van der Waals surface area contributed by atoms with Crippen LogP contribution in [0.1, 0.15) is 0 Å². The van der Waals surface area contributed by atoms with Crippen molar-refractivity contribution < 1.29 is 13.0 Å². The lowest BCUT2D eigenvalue weighted by Crippen LogP contribution is -1.99. The van der Waals surface area contributed by atoms with Gasteiger partial charge in [0.05, 0.1) is 11.0 Å². The molecular formula is C11H8N2O3S. The molecule has 0 saturated carbocycles. The zero-order valence-corrected chi connectivity index (χ0v) is 9.40. The molecule has 1 aromatic heterocycles. The lowest BCUT2D eigenvalue weighted by molar-refractivity contribution is 0.476. The van der Waals surface area contributed by atoms with Gasteiger partial charge >= 0.3 is 10.1 Å². The molecule has 0 aliphatic carbocycles. The number of imidazole rings is 1. The molecule has 0 aliphatic heterocycles. The Morgan fingerprint density at radius 2 is 1.76 bits per heavy atom. The highest BCUT2D eigenvalue weighted by Crippen LogP contribution is 2.22. The second-order valence-corrected chi connectivity index (χ2v) is 5.07. The number of rotatable bonds is 1. The van der Waals surface area contributed by atoms with E-state index in [1.807, 2.05) is 24.3 Å². The van der Waals surface area contributed by atoms with Crippen LogP contribution in [0, 0.1) is 0 Å². The highest BCUT2D eigenvalue weighted by Gasteiger charge is 2.15. The number of benzene rings is 2. The fourth-order valence-electron chi connectivity index (χ4n) is 1.80. The second kappa shape index (κ2) is 3.28. The fraction of sp³-hybridized carbons (Fsp3) is 0. The smallest absolute Gasteiger partial charge is 0.327 e. The minimum absolute atomic E-state index is 0.428. The third-order valence-corrected chi connectivity index (χ3v) is 3.25. The standard InChI is InChI=1S/C11H8N2O3S/c14-17(15,16)11-12-9-5-7-3-1-2-4-8(7)6-10(9)13-11/h1-6H,(H,12,13)(H,14,15,16). The topological polar surface area (TPSA) is 83.1 Å². The molecule has 5 nitrogen and oxygen atoms in total. The van der Waals surface area contributed by atoms with E-state index >= 15 is 0 Å². The summed E-state index contributed by atoms with van der Waals surface area (Å²) in [5, 5.41) is 1.52. The Labute approximate surface area is 96.9 Å². The highest BCUT2D eigenvalue weighted by atomic mass is 32.2. The van der Waals surface area contributed by atoms with Crippen molar-refractivity contribution in [3.63, 3.8) is 0 Å². The molecule has 0 amide bonds. The first kappa shape index (κ1) is 10.2. The van der Waals surface area contributed by atoms with Crippen LogP contribution in [0.5, 0.6) is 0 Å². The summed E-state index contributed by atoms with van der Waals surface area (Å²) in [6.45, 7) is 0. The summed E-state index contributed by atoms with van der Waals surface area (Å²) in [5.74, 6) is 0. The normalized spacial score (nSPS) is 12.3. The van der Waals surface area contributed by atoms with Crippen LogP contribution in [0.15, 0.2) is 41.6 Å². The van der Waals surface area contributed by atoms with Gasteiger partial charge < -0.3 is 4.98 Å². The third-order valence-electron chi connectivity index (χ3n) is 2.57. The SMILES string of the molecule is O=S(=O)(O)c1nc2cc3ccccc3cc2[nH]1. The molecule has 1 heterocycles. The van der Waals surface area contributed by atoms with Crippen LogP contribution in [0.25, 0.3) is 21.8 Å². The van der Waals surface area contributed by atoms with E-state index in [4.69, 9.17) is 4.55 Å². The van der Waals surface area contributed by atoms with Gasteiger partial charge in [0.15, 0.2) is 0 Å². The number of hydrogen-bond acceptors (Lipinski definition) is 3. The Morgan fingerprint density at radius 1 is 1.12 bits per heavy atom. The van der Waals surface area contributed by atoms with Crippen molar-refractivity contribution in [2.24, 2.45) is 0 Å². The molecule has 0 saturated heterocycles. The Kier molecular flexibility index (Phi) is 1.98. The molecule has 6 heteroatoms. The van der Waals surface area contributed by atoms with E-state index in [0.29, 0.717) is 11.0 Å². The van der Waals surface area contributed by atoms with Crippen molar-refractivity contribution in [1.29, 1.82) is 0 Å². The number of aromatic nitrogens is 2. The highest BCUT2D eigenvalue weighted by molar-refractivity contribution is 7.85. The van der Waals surface area contributed by atoms with Crippen LogP contribution in [0.4, 0.5) is 0 Å². The molecule has 2 aromatic carbocycles. The molecule has 0 fully saturated rings. The van der Waals surface area contributed by atoms with Crippen LogP contribution >= 0.6 is 0 Å². The first-order chi connectivity index (χ1) is 8.04. The summed E-state index contributed by atoms with van der Waals surface area (Å²) in [4.78, 5) is 6.42. The fourth-order valence-corrected chi connectivity index (χ4v) is 2.25. The Balaban J connectivity index is 2.40. The van der Waals surface area contributed by atoms with E-state index in [-0.39, 0.29) is 0 Å².